The van der Waals surface area contributed by atoms with E-state index in [2.05, 4.69) is 44.0 Å². The lowest BCUT2D eigenvalue weighted by atomic mass is 9.87. The number of nitriles is 1. The Morgan fingerprint density at radius 2 is 1.95 bits per heavy atom. The number of hydrogen-bond acceptors (Lipinski definition) is 3. The molecular weight excluding hydrogens is 246 g/mol. The number of nitrogens with zero attached hydrogens (tertiary/aromatic N) is 2. The predicted molar refractivity (Wildman–Crippen MR) is 83.4 cm³/mol. The van der Waals surface area contributed by atoms with E-state index in [0.29, 0.717) is 12.1 Å². The molecule has 1 heterocycles. The molecule has 0 aromatic carbocycles. The van der Waals surface area contributed by atoms with E-state index < -0.39 is 5.54 Å². The highest BCUT2D eigenvalue weighted by Crippen LogP contribution is 2.38. The minimum Gasteiger partial charge on any atom is -0.297 e. The Labute approximate surface area is 124 Å². The third-order valence-electron chi connectivity index (χ3n) is 5.16. The zero-order valence-electron chi connectivity index (χ0n) is 13.7. The van der Waals surface area contributed by atoms with Crippen molar-refractivity contribution >= 4 is 0 Å². The van der Waals surface area contributed by atoms with E-state index in [1.54, 1.807) is 0 Å². The highest BCUT2D eigenvalue weighted by molar-refractivity contribution is 5.07. The standard InChI is InChI=1S/C17H31N3/c1-13(2)19-17(4,12-18)11-14(3)20-10-6-8-15-7-5-9-16(15)20/h13-16,19H,5-11H2,1-4H3. The normalized spacial score (nSPS) is 31.6. The van der Waals surface area contributed by atoms with E-state index in [1.807, 2.05) is 0 Å². The summed E-state index contributed by atoms with van der Waals surface area (Å²) in [4.78, 5) is 2.71. The van der Waals surface area contributed by atoms with Crippen LogP contribution in [-0.4, -0.2) is 35.1 Å². The third kappa shape index (κ3) is 3.54. The first kappa shape index (κ1) is 15.8. The molecule has 1 N–H and O–H groups in total. The summed E-state index contributed by atoms with van der Waals surface area (Å²) >= 11 is 0. The Bertz CT molecular complexity index is 360. The van der Waals surface area contributed by atoms with Crippen molar-refractivity contribution in [1.82, 2.24) is 10.2 Å². The van der Waals surface area contributed by atoms with Crippen LogP contribution >= 0.6 is 0 Å². The molecule has 0 amide bonds. The number of nitrogens with one attached hydrogen (secondary N) is 1. The predicted octanol–water partition coefficient (Wildman–Crippen LogP) is 3.31. The number of rotatable bonds is 5. The van der Waals surface area contributed by atoms with Crippen LogP contribution in [0.15, 0.2) is 0 Å². The van der Waals surface area contributed by atoms with Crippen LogP contribution in [0.1, 0.15) is 66.2 Å². The largest absolute Gasteiger partial charge is 0.297 e. The van der Waals surface area contributed by atoms with Crippen LogP contribution in [0.25, 0.3) is 0 Å². The zero-order chi connectivity index (χ0) is 14.8. The highest BCUT2D eigenvalue weighted by atomic mass is 15.2. The molecule has 2 aliphatic rings. The Balaban J connectivity index is 1.99. The molecule has 0 aromatic heterocycles. The summed E-state index contributed by atoms with van der Waals surface area (Å²) in [6.45, 7) is 9.84. The van der Waals surface area contributed by atoms with Gasteiger partial charge in [0, 0.05) is 18.1 Å². The Kier molecular flexibility index (Phi) is 5.09. The molecule has 2 fully saturated rings. The molecule has 20 heavy (non-hydrogen) atoms. The minimum atomic E-state index is -0.404. The van der Waals surface area contributed by atoms with E-state index in [0.717, 1.165) is 18.4 Å². The van der Waals surface area contributed by atoms with Gasteiger partial charge in [0.2, 0.25) is 0 Å². The highest BCUT2D eigenvalue weighted by Gasteiger charge is 2.39. The third-order valence-corrected chi connectivity index (χ3v) is 5.16. The Morgan fingerprint density at radius 3 is 2.60 bits per heavy atom. The van der Waals surface area contributed by atoms with Gasteiger partial charge in [0.1, 0.15) is 5.54 Å². The van der Waals surface area contributed by atoms with Gasteiger partial charge in [-0.2, -0.15) is 5.26 Å². The molecule has 0 bridgehead atoms. The average Bonchev–Trinajstić information content (AvgIpc) is 2.85. The fraction of sp³-hybridized carbons (Fsp3) is 0.941. The lowest BCUT2D eigenvalue weighted by molar-refractivity contribution is 0.0618. The van der Waals surface area contributed by atoms with Crippen molar-refractivity contribution in [2.75, 3.05) is 6.54 Å². The van der Waals surface area contributed by atoms with Crippen molar-refractivity contribution in [2.24, 2.45) is 5.92 Å². The van der Waals surface area contributed by atoms with Crippen LogP contribution < -0.4 is 5.32 Å². The molecule has 1 saturated heterocycles. The lowest BCUT2D eigenvalue weighted by Crippen LogP contribution is -2.53. The smallest absolute Gasteiger partial charge is 0.105 e. The second-order valence-electron chi connectivity index (χ2n) is 7.43. The van der Waals surface area contributed by atoms with Gasteiger partial charge in [-0.15, -0.1) is 0 Å². The van der Waals surface area contributed by atoms with Gasteiger partial charge < -0.3 is 0 Å². The van der Waals surface area contributed by atoms with E-state index in [4.69, 9.17) is 0 Å². The fourth-order valence-electron chi connectivity index (χ4n) is 4.52. The zero-order valence-corrected chi connectivity index (χ0v) is 13.7. The summed E-state index contributed by atoms with van der Waals surface area (Å²) in [5.41, 5.74) is -0.404. The minimum absolute atomic E-state index is 0.354. The number of fused-ring (bicyclic) bond motifs is 1. The van der Waals surface area contributed by atoms with Crippen molar-refractivity contribution in [3.05, 3.63) is 0 Å². The maximum absolute atomic E-state index is 9.54. The second kappa shape index (κ2) is 6.45. The number of likely N-dealkylation sites (tertiary alicyclic amines) is 1. The Morgan fingerprint density at radius 1 is 1.25 bits per heavy atom. The molecule has 0 spiro atoms. The summed E-state index contributed by atoms with van der Waals surface area (Å²) in [6, 6.07) is 4.15. The van der Waals surface area contributed by atoms with Crippen molar-refractivity contribution < 1.29 is 0 Å². The molecule has 3 heteroatoms. The van der Waals surface area contributed by atoms with Gasteiger partial charge in [-0.05, 0) is 72.3 Å². The van der Waals surface area contributed by atoms with E-state index >= 15 is 0 Å². The molecule has 4 unspecified atom stereocenters. The van der Waals surface area contributed by atoms with Crippen LogP contribution in [0, 0.1) is 17.2 Å². The van der Waals surface area contributed by atoms with Gasteiger partial charge in [-0.1, -0.05) is 6.42 Å². The quantitative estimate of drug-likeness (QED) is 0.838. The summed E-state index contributed by atoms with van der Waals surface area (Å²) in [6.07, 6.45) is 7.88. The molecule has 1 aliphatic carbocycles. The molecule has 0 aromatic rings. The topological polar surface area (TPSA) is 39.1 Å². The molecule has 2 rings (SSSR count). The maximum atomic E-state index is 9.54. The molecule has 4 atom stereocenters. The van der Waals surface area contributed by atoms with Crippen LogP contribution in [0.5, 0.6) is 0 Å². The van der Waals surface area contributed by atoms with Gasteiger partial charge in [0.05, 0.1) is 6.07 Å². The molecule has 114 valence electrons. The molecule has 3 nitrogen and oxygen atoms in total. The van der Waals surface area contributed by atoms with Crippen molar-refractivity contribution in [1.29, 1.82) is 5.26 Å². The van der Waals surface area contributed by atoms with Crippen LogP contribution in [0.4, 0.5) is 0 Å². The molecular formula is C17H31N3. The number of piperidine rings is 1. The lowest BCUT2D eigenvalue weighted by Gasteiger charge is -2.43. The van der Waals surface area contributed by atoms with E-state index in [9.17, 15) is 5.26 Å². The summed E-state index contributed by atoms with van der Waals surface area (Å²) in [7, 11) is 0. The summed E-state index contributed by atoms with van der Waals surface area (Å²) < 4.78 is 0. The molecule has 0 radical (unpaired) electrons. The second-order valence-corrected chi connectivity index (χ2v) is 7.43. The number of hydrogen-bond donors (Lipinski definition) is 1. The summed E-state index contributed by atoms with van der Waals surface area (Å²) in [5.74, 6) is 0.928. The first-order valence-electron chi connectivity index (χ1n) is 8.40. The Hall–Kier alpha value is -0.590. The van der Waals surface area contributed by atoms with Gasteiger partial charge in [0.15, 0.2) is 0 Å². The SMILES string of the molecule is CC(C)NC(C)(C#N)CC(C)N1CCCC2CCCC21. The average molecular weight is 277 g/mol. The van der Waals surface area contributed by atoms with Crippen molar-refractivity contribution in [3.8, 4) is 6.07 Å². The summed E-state index contributed by atoms with van der Waals surface area (Å²) in [5, 5.41) is 13.0. The first-order chi connectivity index (χ1) is 9.45. The van der Waals surface area contributed by atoms with Gasteiger partial charge in [-0.3, -0.25) is 10.2 Å². The maximum Gasteiger partial charge on any atom is 0.105 e. The van der Waals surface area contributed by atoms with Crippen molar-refractivity contribution in [3.63, 3.8) is 0 Å². The van der Waals surface area contributed by atoms with Crippen LogP contribution in [0.3, 0.4) is 0 Å². The molecule has 1 aliphatic heterocycles. The fourth-order valence-corrected chi connectivity index (χ4v) is 4.52. The molecule has 1 saturated carbocycles. The van der Waals surface area contributed by atoms with Crippen LogP contribution in [-0.2, 0) is 0 Å². The van der Waals surface area contributed by atoms with Crippen molar-refractivity contribution in [2.45, 2.75) is 89.9 Å². The van der Waals surface area contributed by atoms with Gasteiger partial charge in [0.25, 0.3) is 0 Å². The monoisotopic (exact) mass is 277 g/mol. The van der Waals surface area contributed by atoms with Crippen LogP contribution in [0.2, 0.25) is 0 Å². The van der Waals surface area contributed by atoms with E-state index in [-0.39, 0.29) is 0 Å². The van der Waals surface area contributed by atoms with Gasteiger partial charge >= 0.3 is 0 Å². The van der Waals surface area contributed by atoms with E-state index in [1.165, 1.54) is 38.6 Å². The first-order valence-corrected chi connectivity index (χ1v) is 8.40. The van der Waals surface area contributed by atoms with Gasteiger partial charge in [-0.25, -0.2) is 0 Å².